The molecule has 45 heavy (non-hydrogen) atoms. The number of anilines is 2. The zero-order valence-corrected chi connectivity index (χ0v) is 26.8. The van der Waals surface area contributed by atoms with Crippen molar-refractivity contribution in [1.82, 2.24) is 5.32 Å². The Kier molecular flexibility index (Phi) is 11.7. The van der Waals surface area contributed by atoms with Gasteiger partial charge in [0.25, 0.3) is 11.8 Å². The molecule has 0 aliphatic carbocycles. The van der Waals surface area contributed by atoms with E-state index in [4.69, 9.17) is 37.4 Å². The number of halogens is 2. The second-order valence-corrected chi connectivity index (χ2v) is 11.2. The van der Waals surface area contributed by atoms with Gasteiger partial charge in [0.1, 0.15) is 5.70 Å². The largest absolute Gasteiger partial charge is 0.493 e. The van der Waals surface area contributed by atoms with Gasteiger partial charge >= 0.3 is 0 Å². The van der Waals surface area contributed by atoms with Gasteiger partial charge in [-0.1, -0.05) is 47.5 Å². The standard InChI is InChI=1S/C33H29Cl2N3O6S/c1-42-28-13-20(14-29(43-2)31(28)44-3)12-27(38-32(40)21-8-5-4-6-9-21)33(41)37-24-10-7-11-26(18-24)45-19-30(39)36-25-16-22(34)15-23(35)17-25/h4-18H,19H2,1-3H3,(H,36,39)(H,37,41)(H,38,40)/b27-12+. The monoisotopic (exact) mass is 665 g/mol. The summed E-state index contributed by atoms with van der Waals surface area (Å²) in [5.74, 6) is -0.0655. The van der Waals surface area contributed by atoms with Crippen molar-refractivity contribution in [2.24, 2.45) is 0 Å². The molecule has 0 saturated carbocycles. The van der Waals surface area contributed by atoms with Crippen LogP contribution in [0.15, 0.2) is 95.5 Å². The topological polar surface area (TPSA) is 115 Å². The average molecular weight is 667 g/mol. The Bertz CT molecular complexity index is 1690. The summed E-state index contributed by atoms with van der Waals surface area (Å²) in [7, 11) is 4.46. The molecule has 0 saturated heterocycles. The van der Waals surface area contributed by atoms with Gasteiger partial charge in [-0.25, -0.2) is 0 Å². The summed E-state index contributed by atoms with van der Waals surface area (Å²) >= 11 is 13.3. The minimum absolute atomic E-state index is 0.0317. The minimum atomic E-state index is -0.578. The Labute approximate surface area is 274 Å². The molecule has 3 amide bonds. The molecule has 232 valence electrons. The zero-order chi connectivity index (χ0) is 32.3. The minimum Gasteiger partial charge on any atom is -0.493 e. The number of benzene rings is 4. The lowest BCUT2D eigenvalue weighted by molar-refractivity contribution is -0.114. The van der Waals surface area contributed by atoms with Gasteiger partial charge in [0.05, 0.1) is 27.1 Å². The maximum Gasteiger partial charge on any atom is 0.272 e. The van der Waals surface area contributed by atoms with Crippen LogP contribution in [-0.4, -0.2) is 44.8 Å². The Morgan fingerprint density at radius 3 is 2.04 bits per heavy atom. The van der Waals surface area contributed by atoms with Crippen LogP contribution >= 0.6 is 35.0 Å². The third-order valence-corrected chi connectivity index (χ3v) is 7.57. The van der Waals surface area contributed by atoms with Crippen LogP contribution in [0.25, 0.3) is 6.08 Å². The highest BCUT2D eigenvalue weighted by Gasteiger charge is 2.18. The van der Waals surface area contributed by atoms with E-state index < -0.39 is 11.8 Å². The molecule has 0 fully saturated rings. The van der Waals surface area contributed by atoms with Gasteiger partial charge in [-0.15, -0.1) is 11.8 Å². The quantitative estimate of drug-likeness (QED) is 0.109. The van der Waals surface area contributed by atoms with Gasteiger partial charge in [0.2, 0.25) is 11.7 Å². The first-order chi connectivity index (χ1) is 21.7. The van der Waals surface area contributed by atoms with Crippen molar-refractivity contribution in [3.63, 3.8) is 0 Å². The second-order valence-electron chi connectivity index (χ2n) is 9.31. The Balaban J connectivity index is 1.54. The van der Waals surface area contributed by atoms with Crippen molar-refractivity contribution in [1.29, 1.82) is 0 Å². The number of carbonyl (C=O) groups excluding carboxylic acids is 3. The normalized spacial score (nSPS) is 10.9. The van der Waals surface area contributed by atoms with Crippen molar-refractivity contribution < 1.29 is 28.6 Å². The summed E-state index contributed by atoms with van der Waals surface area (Å²) in [6, 6.07) is 23.6. The fourth-order valence-corrected chi connectivity index (χ4v) is 5.41. The number of methoxy groups -OCH3 is 3. The summed E-state index contributed by atoms with van der Waals surface area (Å²) in [6.07, 6.45) is 1.51. The van der Waals surface area contributed by atoms with Gasteiger partial charge in [0, 0.05) is 31.9 Å². The van der Waals surface area contributed by atoms with E-state index in [1.165, 1.54) is 39.2 Å². The van der Waals surface area contributed by atoms with Crippen molar-refractivity contribution in [2.75, 3.05) is 37.7 Å². The Morgan fingerprint density at radius 1 is 0.756 bits per heavy atom. The number of ether oxygens (including phenoxy) is 3. The smallest absolute Gasteiger partial charge is 0.272 e. The lowest BCUT2D eigenvalue weighted by atomic mass is 10.1. The maximum absolute atomic E-state index is 13.6. The van der Waals surface area contributed by atoms with E-state index in [0.29, 0.717) is 49.8 Å². The third-order valence-electron chi connectivity index (χ3n) is 6.14. The predicted molar refractivity (Wildman–Crippen MR) is 179 cm³/mol. The lowest BCUT2D eigenvalue weighted by Gasteiger charge is -2.15. The molecule has 0 spiro atoms. The number of amides is 3. The summed E-state index contributed by atoms with van der Waals surface area (Å²) in [6.45, 7) is 0. The summed E-state index contributed by atoms with van der Waals surface area (Å²) < 4.78 is 16.3. The van der Waals surface area contributed by atoms with Crippen LogP contribution in [0.3, 0.4) is 0 Å². The molecule has 12 heteroatoms. The van der Waals surface area contributed by atoms with E-state index in [-0.39, 0.29) is 17.4 Å². The number of hydrogen-bond acceptors (Lipinski definition) is 7. The van der Waals surface area contributed by atoms with Crippen LogP contribution in [0.1, 0.15) is 15.9 Å². The van der Waals surface area contributed by atoms with Crippen LogP contribution in [-0.2, 0) is 9.59 Å². The average Bonchev–Trinajstić information content (AvgIpc) is 3.03. The molecule has 4 rings (SSSR count). The zero-order valence-electron chi connectivity index (χ0n) is 24.5. The van der Waals surface area contributed by atoms with E-state index in [1.807, 2.05) is 6.07 Å². The lowest BCUT2D eigenvalue weighted by Crippen LogP contribution is -2.30. The molecule has 4 aromatic carbocycles. The van der Waals surface area contributed by atoms with Gasteiger partial charge in [-0.05, 0) is 72.3 Å². The number of nitrogens with one attached hydrogen (secondary N) is 3. The second kappa shape index (κ2) is 15.9. The summed E-state index contributed by atoms with van der Waals surface area (Å²) in [5, 5.41) is 9.12. The molecule has 0 bridgehead atoms. The van der Waals surface area contributed by atoms with Crippen molar-refractivity contribution in [3.05, 3.63) is 112 Å². The SMILES string of the molecule is COc1cc(/C=C(/NC(=O)c2ccccc2)C(=O)Nc2cccc(SCC(=O)Nc3cc(Cl)cc(Cl)c3)c2)cc(OC)c1OC. The molecule has 0 heterocycles. The van der Waals surface area contributed by atoms with Crippen molar-refractivity contribution in [2.45, 2.75) is 4.90 Å². The molecule has 9 nitrogen and oxygen atoms in total. The van der Waals surface area contributed by atoms with E-state index in [2.05, 4.69) is 16.0 Å². The number of carbonyl (C=O) groups is 3. The van der Waals surface area contributed by atoms with Crippen molar-refractivity contribution >= 4 is 70.1 Å². The first kappa shape index (κ1) is 33.3. The summed E-state index contributed by atoms with van der Waals surface area (Å²) in [4.78, 5) is 39.9. The van der Waals surface area contributed by atoms with Crippen LogP contribution in [0.2, 0.25) is 10.0 Å². The van der Waals surface area contributed by atoms with Crippen LogP contribution < -0.4 is 30.2 Å². The molecule has 0 radical (unpaired) electrons. The number of hydrogen-bond donors (Lipinski definition) is 3. The van der Waals surface area contributed by atoms with Crippen LogP contribution in [0, 0.1) is 0 Å². The first-order valence-corrected chi connectivity index (χ1v) is 15.1. The molecule has 0 aliphatic rings. The van der Waals surface area contributed by atoms with Gasteiger partial charge in [0.15, 0.2) is 11.5 Å². The van der Waals surface area contributed by atoms with E-state index in [1.54, 1.807) is 78.9 Å². The highest BCUT2D eigenvalue weighted by atomic mass is 35.5. The van der Waals surface area contributed by atoms with E-state index in [0.717, 1.165) is 4.90 Å². The third kappa shape index (κ3) is 9.42. The van der Waals surface area contributed by atoms with E-state index >= 15 is 0 Å². The molecule has 0 aromatic heterocycles. The molecular formula is C33H29Cl2N3O6S. The Morgan fingerprint density at radius 2 is 1.42 bits per heavy atom. The van der Waals surface area contributed by atoms with Crippen LogP contribution in [0.5, 0.6) is 17.2 Å². The molecule has 0 unspecified atom stereocenters. The van der Waals surface area contributed by atoms with E-state index in [9.17, 15) is 14.4 Å². The fraction of sp³-hybridized carbons (Fsp3) is 0.121. The highest BCUT2D eigenvalue weighted by Crippen LogP contribution is 2.38. The molecule has 3 N–H and O–H groups in total. The van der Waals surface area contributed by atoms with Crippen LogP contribution in [0.4, 0.5) is 11.4 Å². The van der Waals surface area contributed by atoms with Gasteiger partial charge in [-0.2, -0.15) is 0 Å². The maximum atomic E-state index is 13.6. The molecular weight excluding hydrogens is 637 g/mol. The number of rotatable bonds is 12. The summed E-state index contributed by atoms with van der Waals surface area (Å²) in [5.41, 5.74) is 1.80. The molecule has 0 atom stereocenters. The van der Waals surface area contributed by atoms with Gasteiger partial charge in [-0.3, -0.25) is 14.4 Å². The van der Waals surface area contributed by atoms with Gasteiger partial charge < -0.3 is 30.2 Å². The predicted octanol–water partition coefficient (Wildman–Crippen LogP) is 7.16. The number of thioether (sulfide) groups is 1. The fourth-order valence-electron chi connectivity index (χ4n) is 4.13. The first-order valence-electron chi connectivity index (χ1n) is 13.4. The van der Waals surface area contributed by atoms with Crippen molar-refractivity contribution in [3.8, 4) is 17.2 Å². The highest BCUT2D eigenvalue weighted by molar-refractivity contribution is 8.00. The Hall–Kier alpha value is -4.64. The molecule has 0 aliphatic heterocycles. The molecule has 4 aromatic rings.